The van der Waals surface area contributed by atoms with Crippen molar-refractivity contribution in [3.05, 3.63) is 29.6 Å². The minimum Gasteiger partial charge on any atom is -0.327 e. The lowest BCUT2D eigenvalue weighted by molar-refractivity contribution is 0.177. The van der Waals surface area contributed by atoms with Crippen LogP contribution in [0.4, 0.5) is 10.5 Å². The second-order valence-electron chi connectivity index (χ2n) is 6.23. The summed E-state index contributed by atoms with van der Waals surface area (Å²) in [6, 6.07) is 8.13. The number of amides is 2. The van der Waals surface area contributed by atoms with Crippen LogP contribution in [0, 0.1) is 5.92 Å². The van der Waals surface area contributed by atoms with Crippen molar-refractivity contribution in [2.24, 2.45) is 5.92 Å². The van der Waals surface area contributed by atoms with Crippen LogP contribution in [0.5, 0.6) is 0 Å². The van der Waals surface area contributed by atoms with Gasteiger partial charge in [0.1, 0.15) is 0 Å². The van der Waals surface area contributed by atoms with E-state index in [2.05, 4.69) is 34.8 Å². The quantitative estimate of drug-likeness (QED) is 0.937. The first-order valence-electron chi connectivity index (χ1n) is 7.80. The monoisotopic (exact) mass is 317 g/mol. The average molecular weight is 317 g/mol. The van der Waals surface area contributed by atoms with Gasteiger partial charge in [-0.15, -0.1) is 11.3 Å². The fourth-order valence-electron chi connectivity index (χ4n) is 2.98. The van der Waals surface area contributed by atoms with Crippen molar-refractivity contribution < 1.29 is 4.79 Å². The van der Waals surface area contributed by atoms with Crippen LogP contribution in [0.3, 0.4) is 0 Å². The van der Waals surface area contributed by atoms with Crippen LogP contribution in [0.1, 0.15) is 12.8 Å². The van der Waals surface area contributed by atoms with Crippen LogP contribution in [0.2, 0.25) is 0 Å². The molecule has 0 unspecified atom stereocenters. The van der Waals surface area contributed by atoms with Crippen molar-refractivity contribution in [2.75, 3.05) is 39.0 Å². The molecule has 1 aromatic carbocycles. The maximum Gasteiger partial charge on any atom is 0.321 e. The van der Waals surface area contributed by atoms with E-state index < -0.39 is 0 Å². The van der Waals surface area contributed by atoms with Crippen molar-refractivity contribution in [3.63, 3.8) is 0 Å². The maximum atomic E-state index is 12.3. The number of anilines is 1. The van der Waals surface area contributed by atoms with Crippen molar-refractivity contribution >= 4 is 33.1 Å². The summed E-state index contributed by atoms with van der Waals surface area (Å²) in [4.78, 5) is 16.5. The summed E-state index contributed by atoms with van der Waals surface area (Å²) in [6.45, 7) is 3.10. The number of carbonyl (C=O) groups excluding carboxylic acids is 1. The van der Waals surface area contributed by atoms with E-state index in [-0.39, 0.29) is 6.03 Å². The predicted octanol–water partition coefficient (Wildman–Crippen LogP) is 3.71. The van der Waals surface area contributed by atoms with Crippen molar-refractivity contribution in [3.8, 4) is 0 Å². The highest BCUT2D eigenvalue weighted by Gasteiger charge is 2.20. The Balaban J connectivity index is 1.56. The molecule has 5 heteroatoms. The summed E-state index contributed by atoms with van der Waals surface area (Å²) in [7, 11) is 4.05. The number of urea groups is 1. The number of hydrogen-bond donors (Lipinski definition) is 1. The molecule has 118 valence electrons. The number of nitrogens with one attached hydrogen (secondary N) is 1. The molecule has 0 saturated carbocycles. The zero-order valence-electron chi connectivity index (χ0n) is 13.2. The standard InChI is InChI=1S/C17H23N3OS/c1-19-8-5-13(6-9-19)12-20(2)17(21)18-15-3-4-16-14(11-15)7-10-22-16/h3-4,7,10-11,13H,5-6,8-9,12H2,1-2H3,(H,18,21). The molecule has 2 amide bonds. The van der Waals surface area contributed by atoms with Crippen molar-refractivity contribution in [1.82, 2.24) is 9.80 Å². The van der Waals surface area contributed by atoms with Crippen LogP contribution < -0.4 is 5.32 Å². The molecule has 1 aromatic heterocycles. The van der Waals surface area contributed by atoms with Gasteiger partial charge >= 0.3 is 6.03 Å². The van der Waals surface area contributed by atoms with E-state index in [4.69, 9.17) is 0 Å². The average Bonchev–Trinajstić information content (AvgIpc) is 2.97. The Morgan fingerprint density at radius 2 is 2.14 bits per heavy atom. The fraction of sp³-hybridized carbons (Fsp3) is 0.471. The minimum atomic E-state index is -0.0199. The number of fused-ring (bicyclic) bond motifs is 1. The minimum absolute atomic E-state index is 0.0199. The molecular formula is C17H23N3OS. The van der Waals surface area contributed by atoms with Crippen LogP contribution in [-0.4, -0.2) is 49.6 Å². The van der Waals surface area contributed by atoms with Crippen LogP contribution >= 0.6 is 11.3 Å². The Morgan fingerprint density at radius 3 is 2.91 bits per heavy atom. The van der Waals surface area contributed by atoms with Gasteiger partial charge in [0, 0.05) is 24.0 Å². The molecule has 1 N–H and O–H groups in total. The first-order chi connectivity index (χ1) is 10.6. The molecule has 1 aliphatic heterocycles. The zero-order chi connectivity index (χ0) is 15.5. The van der Waals surface area contributed by atoms with Gasteiger partial charge in [-0.05, 0) is 73.9 Å². The number of likely N-dealkylation sites (tertiary alicyclic amines) is 1. The second-order valence-corrected chi connectivity index (χ2v) is 7.18. The molecule has 0 spiro atoms. The fourth-order valence-corrected chi connectivity index (χ4v) is 3.75. The van der Waals surface area contributed by atoms with E-state index in [0.29, 0.717) is 5.92 Å². The van der Waals surface area contributed by atoms with Gasteiger partial charge in [-0.3, -0.25) is 0 Å². The number of piperidine rings is 1. The molecule has 0 aliphatic carbocycles. The number of thiophene rings is 1. The van der Waals surface area contributed by atoms with E-state index in [1.165, 1.54) is 22.9 Å². The molecule has 2 heterocycles. The first-order valence-corrected chi connectivity index (χ1v) is 8.68. The van der Waals surface area contributed by atoms with E-state index in [1.54, 1.807) is 11.3 Å². The maximum absolute atomic E-state index is 12.3. The number of benzene rings is 1. The van der Waals surface area contributed by atoms with Gasteiger partial charge in [-0.2, -0.15) is 0 Å². The van der Waals surface area contributed by atoms with Crippen LogP contribution in [0.25, 0.3) is 10.1 Å². The molecule has 0 radical (unpaired) electrons. The van der Waals surface area contributed by atoms with Gasteiger partial charge in [0.2, 0.25) is 0 Å². The number of nitrogens with zero attached hydrogens (tertiary/aromatic N) is 2. The Kier molecular flexibility index (Phi) is 4.64. The highest BCUT2D eigenvalue weighted by Crippen LogP contribution is 2.24. The molecule has 0 atom stereocenters. The third kappa shape index (κ3) is 3.59. The number of carbonyl (C=O) groups is 1. The van der Waals surface area contributed by atoms with Gasteiger partial charge < -0.3 is 15.1 Å². The van der Waals surface area contributed by atoms with Crippen molar-refractivity contribution in [1.29, 1.82) is 0 Å². The summed E-state index contributed by atoms with van der Waals surface area (Å²) in [5.41, 5.74) is 0.867. The third-order valence-electron chi connectivity index (χ3n) is 4.42. The normalized spacial score (nSPS) is 16.8. The Hall–Kier alpha value is -1.59. The Bertz CT molecular complexity index is 646. The predicted molar refractivity (Wildman–Crippen MR) is 93.7 cm³/mol. The van der Waals surface area contributed by atoms with E-state index in [9.17, 15) is 4.79 Å². The lowest BCUT2D eigenvalue weighted by Crippen LogP contribution is -2.39. The van der Waals surface area contributed by atoms with Gasteiger partial charge in [0.25, 0.3) is 0 Å². The third-order valence-corrected chi connectivity index (χ3v) is 5.32. The zero-order valence-corrected chi connectivity index (χ0v) is 14.0. The largest absolute Gasteiger partial charge is 0.327 e. The first kappa shape index (κ1) is 15.3. The molecule has 2 aromatic rings. The number of rotatable bonds is 3. The van der Waals surface area contributed by atoms with Crippen LogP contribution in [-0.2, 0) is 0 Å². The van der Waals surface area contributed by atoms with Gasteiger partial charge in [0.15, 0.2) is 0 Å². The number of hydrogen-bond acceptors (Lipinski definition) is 3. The summed E-state index contributed by atoms with van der Waals surface area (Å²) in [5.74, 6) is 0.617. The van der Waals surface area contributed by atoms with Crippen molar-refractivity contribution in [2.45, 2.75) is 12.8 Å². The lowest BCUT2D eigenvalue weighted by Gasteiger charge is -2.31. The van der Waals surface area contributed by atoms with E-state index >= 15 is 0 Å². The molecule has 1 fully saturated rings. The summed E-state index contributed by atoms with van der Waals surface area (Å²) >= 11 is 1.72. The SMILES string of the molecule is CN1CCC(CN(C)C(=O)Nc2ccc3sccc3c2)CC1. The molecule has 3 rings (SSSR count). The van der Waals surface area contributed by atoms with Gasteiger partial charge in [0.05, 0.1) is 0 Å². The molecule has 22 heavy (non-hydrogen) atoms. The molecule has 4 nitrogen and oxygen atoms in total. The second kappa shape index (κ2) is 6.67. The summed E-state index contributed by atoms with van der Waals surface area (Å²) in [6.07, 6.45) is 2.35. The molecule has 0 bridgehead atoms. The summed E-state index contributed by atoms with van der Waals surface area (Å²) in [5, 5.41) is 6.26. The van der Waals surface area contributed by atoms with Crippen LogP contribution in [0.15, 0.2) is 29.6 Å². The summed E-state index contributed by atoms with van der Waals surface area (Å²) < 4.78 is 1.25. The van der Waals surface area contributed by atoms with Gasteiger partial charge in [-0.1, -0.05) is 0 Å². The molecular weight excluding hydrogens is 294 g/mol. The lowest BCUT2D eigenvalue weighted by atomic mass is 9.97. The Labute approximate surface area is 135 Å². The van der Waals surface area contributed by atoms with Gasteiger partial charge in [-0.25, -0.2) is 4.79 Å². The highest BCUT2D eigenvalue weighted by molar-refractivity contribution is 7.17. The van der Waals surface area contributed by atoms with E-state index in [0.717, 1.165) is 25.3 Å². The topological polar surface area (TPSA) is 35.6 Å². The molecule has 1 saturated heterocycles. The molecule has 1 aliphatic rings. The Morgan fingerprint density at radius 1 is 1.36 bits per heavy atom. The highest BCUT2D eigenvalue weighted by atomic mass is 32.1. The van der Waals surface area contributed by atoms with E-state index in [1.807, 2.05) is 24.1 Å². The smallest absolute Gasteiger partial charge is 0.321 e.